The van der Waals surface area contributed by atoms with Crippen LogP contribution in [-0.4, -0.2) is 38.3 Å². The van der Waals surface area contributed by atoms with E-state index in [0.717, 1.165) is 39.0 Å². The van der Waals surface area contributed by atoms with E-state index in [4.69, 9.17) is 4.74 Å². The smallest absolute Gasteiger partial charge is 0.275 e. The zero-order chi connectivity index (χ0) is 17.3. The Morgan fingerprint density at radius 3 is 2.84 bits per heavy atom. The number of ether oxygens (including phenoxy) is 1. The van der Waals surface area contributed by atoms with Crippen molar-refractivity contribution in [3.63, 3.8) is 0 Å². The van der Waals surface area contributed by atoms with E-state index in [-0.39, 0.29) is 5.91 Å². The number of hydrogen-bond acceptors (Lipinski definition) is 3. The van der Waals surface area contributed by atoms with Crippen LogP contribution in [0, 0.1) is 0 Å². The van der Waals surface area contributed by atoms with Crippen LogP contribution in [0.3, 0.4) is 0 Å². The molecule has 0 aliphatic carbocycles. The Morgan fingerprint density at radius 2 is 2.12 bits per heavy atom. The average Bonchev–Trinajstić information content (AvgIpc) is 3.30. The lowest BCUT2D eigenvalue weighted by molar-refractivity contribution is -0.908. The summed E-state index contributed by atoms with van der Waals surface area (Å²) in [5.41, 5.74) is 1.25. The summed E-state index contributed by atoms with van der Waals surface area (Å²) in [5, 5.41) is 5.17. The Balaban J connectivity index is 1.46. The maximum atomic E-state index is 12.4. The molecular weight excluding hydrogens is 332 g/mol. The first-order chi connectivity index (χ1) is 12.3. The van der Waals surface area contributed by atoms with Crippen LogP contribution >= 0.6 is 11.3 Å². The summed E-state index contributed by atoms with van der Waals surface area (Å²) in [6.45, 7) is 3.86. The summed E-state index contributed by atoms with van der Waals surface area (Å²) in [4.78, 5) is 15.0. The monoisotopic (exact) mass is 359 g/mol. The minimum absolute atomic E-state index is 0.125. The topological polar surface area (TPSA) is 42.8 Å². The lowest BCUT2D eigenvalue weighted by atomic mass is 10.1. The van der Waals surface area contributed by atoms with E-state index in [1.54, 1.807) is 11.3 Å². The standard InChI is InChI=1S/C20H26N2O2S/c23-20(21-11-10-17-6-2-1-3-7-17)16-22(14-18-8-4-12-24-18)15-19-9-5-13-25-19/h1-3,5-7,9,13,18H,4,8,10-12,14-16H2,(H,21,23)/p+1/t18-/m0/s1. The lowest BCUT2D eigenvalue weighted by Gasteiger charge is -2.21. The summed E-state index contributed by atoms with van der Waals surface area (Å²) in [5.74, 6) is 0.125. The molecule has 134 valence electrons. The number of quaternary nitrogens is 1. The second-order valence-corrected chi connectivity index (χ2v) is 7.64. The maximum absolute atomic E-state index is 12.4. The number of nitrogens with one attached hydrogen (secondary N) is 2. The van der Waals surface area contributed by atoms with Gasteiger partial charge in [0.15, 0.2) is 6.54 Å². The Kier molecular flexibility index (Phi) is 7.03. The molecule has 4 nitrogen and oxygen atoms in total. The van der Waals surface area contributed by atoms with E-state index in [2.05, 4.69) is 35.0 Å². The van der Waals surface area contributed by atoms with Gasteiger partial charge in [-0.2, -0.15) is 0 Å². The van der Waals surface area contributed by atoms with Crippen molar-refractivity contribution in [1.82, 2.24) is 5.32 Å². The molecule has 3 rings (SSSR count). The van der Waals surface area contributed by atoms with Crippen LogP contribution in [0.1, 0.15) is 23.3 Å². The van der Waals surface area contributed by atoms with Crippen molar-refractivity contribution in [2.45, 2.75) is 31.9 Å². The molecule has 1 aliphatic rings. The van der Waals surface area contributed by atoms with Crippen LogP contribution in [0.2, 0.25) is 0 Å². The van der Waals surface area contributed by atoms with Crippen molar-refractivity contribution in [3.8, 4) is 0 Å². The summed E-state index contributed by atoms with van der Waals surface area (Å²) < 4.78 is 5.77. The van der Waals surface area contributed by atoms with Crippen LogP contribution in [-0.2, 0) is 22.5 Å². The van der Waals surface area contributed by atoms with Crippen LogP contribution in [0.15, 0.2) is 47.8 Å². The predicted molar refractivity (Wildman–Crippen MR) is 101 cm³/mol. The van der Waals surface area contributed by atoms with Gasteiger partial charge in [-0.3, -0.25) is 4.79 Å². The second kappa shape index (κ2) is 9.70. The molecule has 1 aromatic carbocycles. The molecule has 1 aliphatic heterocycles. The van der Waals surface area contributed by atoms with Gasteiger partial charge >= 0.3 is 0 Å². The van der Waals surface area contributed by atoms with Crippen LogP contribution in [0.5, 0.6) is 0 Å². The third kappa shape index (κ3) is 6.27. The van der Waals surface area contributed by atoms with Crippen molar-refractivity contribution in [2.75, 3.05) is 26.2 Å². The first-order valence-electron chi connectivity index (χ1n) is 9.08. The van der Waals surface area contributed by atoms with Gasteiger partial charge in [-0.15, -0.1) is 11.3 Å². The molecule has 1 unspecified atom stereocenters. The van der Waals surface area contributed by atoms with Gasteiger partial charge in [0.1, 0.15) is 19.2 Å². The van der Waals surface area contributed by atoms with E-state index < -0.39 is 0 Å². The van der Waals surface area contributed by atoms with Crippen molar-refractivity contribution < 1.29 is 14.4 Å². The molecule has 1 amide bonds. The largest absolute Gasteiger partial charge is 0.372 e. The number of carbonyl (C=O) groups is 1. The summed E-state index contributed by atoms with van der Waals surface area (Å²) >= 11 is 1.76. The van der Waals surface area contributed by atoms with E-state index in [9.17, 15) is 4.79 Å². The highest BCUT2D eigenvalue weighted by Gasteiger charge is 2.24. The fraction of sp³-hybridized carbons (Fsp3) is 0.450. The van der Waals surface area contributed by atoms with Crippen molar-refractivity contribution in [1.29, 1.82) is 0 Å². The molecule has 0 saturated carbocycles. The van der Waals surface area contributed by atoms with Gasteiger partial charge in [0.25, 0.3) is 5.91 Å². The van der Waals surface area contributed by atoms with Gasteiger partial charge in [0.05, 0.1) is 4.88 Å². The predicted octanol–water partition coefficient (Wildman–Crippen LogP) is 1.67. The van der Waals surface area contributed by atoms with E-state index in [1.165, 1.54) is 15.3 Å². The molecule has 0 bridgehead atoms. The van der Waals surface area contributed by atoms with Crippen LogP contribution in [0.4, 0.5) is 0 Å². The van der Waals surface area contributed by atoms with Gasteiger partial charge in [0, 0.05) is 13.2 Å². The molecule has 1 fully saturated rings. The molecule has 2 aromatic rings. The first-order valence-corrected chi connectivity index (χ1v) is 9.96. The Morgan fingerprint density at radius 1 is 1.24 bits per heavy atom. The van der Waals surface area contributed by atoms with Gasteiger partial charge < -0.3 is 15.0 Å². The van der Waals surface area contributed by atoms with Gasteiger partial charge in [-0.1, -0.05) is 36.4 Å². The van der Waals surface area contributed by atoms with E-state index >= 15 is 0 Å². The third-order valence-electron chi connectivity index (χ3n) is 4.53. The fourth-order valence-corrected chi connectivity index (χ4v) is 4.05. The fourth-order valence-electron chi connectivity index (χ4n) is 3.27. The Hall–Kier alpha value is -1.69. The van der Waals surface area contributed by atoms with Gasteiger partial charge in [-0.25, -0.2) is 0 Å². The third-order valence-corrected chi connectivity index (χ3v) is 5.41. The Labute approximate surface area is 153 Å². The van der Waals surface area contributed by atoms with Crippen LogP contribution < -0.4 is 10.2 Å². The number of rotatable bonds is 9. The highest BCUT2D eigenvalue weighted by atomic mass is 32.1. The van der Waals surface area contributed by atoms with Crippen molar-refractivity contribution in [3.05, 3.63) is 58.3 Å². The normalized spacial score (nSPS) is 18.2. The SMILES string of the molecule is O=C(C[NH+](Cc1cccs1)C[C@@H]1CCCO1)NCCc1ccccc1. The second-order valence-electron chi connectivity index (χ2n) is 6.61. The lowest BCUT2D eigenvalue weighted by Crippen LogP contribution is -3.13. The molecule has 0 spiro atoms. The number of amides is 1. The molecule has 2 heterocycles. The minimum Gasteiger partial charge on any atom is -0.372 e. The molecule has 1 saturated heterocycles. The van der Waals surface area contributed by atoms with Crippen molar-refractivity contribution in [2.24, 2.45) is 0 Å². The van der Waals surface area contributed by atoms with E-state index in [1.807, 2.05) is 18.2 Å². The van der Waals surface area contributed by atoms with Gasteiger partial charge in [-0.05, 0) is 36.3 Å². The molecule has 25 heavy (non-hydrogen) atoms. The average molecular weight is 360 g/mol. The van der Waals surface area contributed by atoms with Crippen molar-refractivity contribution >= 4 is 17.2 Å². The maximum Gasteiger partial charge on any atom is 0.275 e. The first kappa shape index (κ1) is 18.1. The zero-order valence-corrected chi connectivity index (χ0v) is 15.4. The molecule has 5 heteroatoms. The summed E-state index contributed by atoms with van der Waals surface area (Å²) in [6.07, 6.45) is 3.43. The molecule has 2 atom stereocenters. The van der Waals surface area contributed by atoms with Gasteiger partial charge in [0.2, 0.25) is 0 Å². The molecule has 2 N–H and O–H groups in total. The highest BCUT2D eigenvalue weighted by Crippen LogP contribution is 2.10. The number of benzene rings is 1. The quantitative estimate of drug-likeness (QED) is 0.715. The highest BCUT2D eigenvalue weighted by molar-refractivity contribution is 7.09. The summed E-state index contributed by atoms with van der Waals surface area (Å²) in [7, 11) is 0. The Bertz CT molecular complexity index is 624. The van der Waals surface area contributed by atoms with Crippen LogP contribution in [0.25, 0.3) is 0 Å². The number of carbonyl (C=O) groups excluding carboxylic acids is 1. The van der Waals surface area contributed by atoms with E-state index in [0.29, 0.717) is 19.2 Å². The molecule has 0 radical (unpaired) electrons. The minimum atomic E-state index is 0.125. The molecule has 1 aromatic heterocycles. The molecular formula is C20H27N2O2S+. The number of thiophene rings is 1. The zero-order valence-electron chi connectivity index (χ0n) is 14.6. The number of hydrogen-bond donors (Lipinski definition) is 2. The summed E-state index contributed by atoms with van der Waals surface area (Å²) in [6, 6.07) is 14.5.